The minimum absolute atomic E-state index is 0.155. The Bertz CT molecular complexity index is 2340. The van der Waals surface area contributed by atoms with Crippen LogP contribution in [0.15, 0.2) is 85.1 Å². The Morgan fingerprint density at radius 1 is 0.614 bits per heavy atom. The molecule has 0 spiro atoms. The average Bonchev–Trinajstić information content (AvgIpc) is 1.79. The van der Waals surface area contributed by atoms with Gasteiger partial charge in [-0.15, -0.1) is 0 Å². The number of hydrogen-bond acceptors (Lipinski definition) is 28. The summed E-state index contributed by atoms with van der Waals surface area (Å²) in [5.74, 6) is -9.14. The number of cyclic esters (lactones) is 1. The van der Waals surface area contributed by atoms with Crippen LogP contribution in [-0.4, -0.2) is 278 Å². The molecule has 3 unspecified atom stereocenters. The van der Waals surface area contributed by atoms with Gasteiger partial charge < -0.3 is 130 Å². The predicted octanol–water partition coefficient (Wildman–Crippen LogP) is -3.94. The van der Waals surface area contributed by atoms with Gasteiger partial charge in [-0.25, -0.2) is 0 Å². The quantitative estimate of drug-likeness (QED) is 0.0980. The lowest BCUT2D eigenvalue weighted by Gasteiger charge is -2.48. The lowest BCUT2D eigenvalue weighted by Crippen LogP contribution is -2.70. The monoisotopic (exact) mass is 1260 g/mol. The number of fused-ring (bicyclic) bond motifs is 2. The van der Waals surface area contributed by atoms with Crippen LogP contribution in [0.1, 0.15) is 79.1 Å². The summed E-state index contributed by atoms with van der Waals surface area (Å²) in [4.78, 5) is 26.1. The molecule has 5 aliphatic heterocycles. The standard InChI is InChI=1S/C60H95NO27/c1-31-18-16-14-12-10-8-6-7-9-11-13-15-17-19-38(85-57-51(74)47(49(72)34(4)84-57)61-30-60(80)55(77)54(42(69)29-82-60)87-58-53(76)52(75)50(73)44(28-62)86-58)25-43-46(56(78)81-5)41(68)27-59(79,88-43)26-37(65)23-40(67)39(66)21-20-35(63)22-36(64)24-45(70)83-33(3)32(2)48(31)71/h6-19,31-44,46-55,57-58,61-69,71-77,79-80H,20-30H2,1-5H3/t31-,32-,33-,34+,35+,36+,37-,38-,39+,40+,41-,42+,43?,44+,46?,47-,48+,49+,50+,51-,52-,53+,54+,55-,57?,58+,59+,60+/m0/s1. The second kappa shape index (κ2) is 35.3. The molecule has 502 valence electrons. The molecule has 4 saturated heterocycles. The summed E-state index contributed by atoms with van der Waals surface area (Å²) >= 11 is 0. The number of carbonyl (C=O) groups excluding carboxylic acids is 2. The Balaban J connectivity index is 1.38. The fourth-order valence-corrected chi connectivity index (χ4v) is 11.1. The Kier molecular flexibility index (Phi) is 30.0. The normalized spacial score (nSPS) is 44.7. The van der Waals surface area contributed by atoms with Gasteiger partial charge in [0.05, 0.1) is 106 Å². The van der Waals surface area contributed by atoms with E-state index in [0.717, 1.165) is 7.11 Å². The van der Waals surface area contributed by atoms with Gasteiger partial charge in [0.2, 0.25) is 5.79 Å². The molecule has 28 nitrogen and oxygen atoms in total. The van der Waals surface area contributed by atoms with Crippen LogP contribution < -0.4 is 5.32 Å². The second-order valence-electron chi connectivity index (χ2n) is 23.5. The molecule has 88 heavy (non-hydrogen) atoms. The maximum Gasteiger partial charge on any atom is 0.313 e. The molecule has 2 bridgehead atoms. The first kappa shape index (κ1) is 74.9. The van der Waals surface area contributed by atoms with Crippen LogP contribution in [0, 0.1) is 17.8 Å². The summed E-state index contributed by atoms with van der Waals surface area (Å²) in [6, 6.07) is -1.47. The van der Waals surface area contributed by atoms with Gasteiger partial charge in [0, 0.05) is 37.5 Å². The van der Waals surface area contributed by atoms with Crippen LogP contribution in [0.4, 0.5) is 0 Å². The molecular formula is C60H95NO27. The number of methoxy groups -OCH3 is 1. The molecule has 0 aromatic heterocycles. The number of esters is 2. The number of nitrogens with one attached hydrogen (secondary N) is 1. The molecule has 0 aliphatic carbocycles. The van der Waals surface area contributed by atoms with E-state index in [1.54, 1.807) is 86.8 Å². The summed E-state index contributed by atoms with van der Waals surface area (Å²) in [7, 11) is 1.06. The van der Waals surface area contributed by atoms with E-state index >= 15 is 0 Å². The van der Waals surface area contributed by atoms with Crippen molar-refractivity contribution in [1.82, 2.24) is 5.32 Å². The van der Waals surface area contributed by atoms with Crippen LogP contribution in [0.3, 0.4) is 0 Å². The molecule has 5 rings (SSSR count). The van der Waals surface area contributed by atoms with E-state index in [0.29, 0.717) is 0 Å². The lowest BCUT2D eigenvalue weighted by molar-refractivity contribution is -0.368. The first-order chi connectivity index (χ1) is 41.5. The van der Waals surface area contributed by atoms with Crippen molar-refractivity contribution in [2.45, 2.75) is 231 Å². The Labute approximate surface area is 511 Å². The zero-order valence-corrected chi connectivity index (χ0v) is 50.1. The fraction of sp³-hybridized carbons (Fsp3) is 0.733. The van der Waals surface area contributed by atoms with Crippen molar-refractivity contribution in [3.8, 4) is 0 Å². The van der Waals surface area contributed by atoms with E-state index in [1.807, 2.05) is 6.92 Å². The number of aliphatic hydroxyl groups excluding tert-OH is 15. The summed E-state index contributed by atoms with van der Waals surface area (Å²) in [5, 5.41) is 189. The Morgan fingerprint density at radius 2 is 1.22 bits per heavy atom. The molecule has 5 heterocycles. The number of rotatable bonds is 9. The number of ether oxygens (including phenoxy) is 8. The molecule has 28 atom stereocenters. The first-order valence-corrected chi connectivity index (χ1v) is 29.7. The topological polar surface area (TPSA) is 464 Å². The first-order valence-electron chi connectivity index (χ1n) is 29.7. The van der Waals surface area contributed by atoms with Gasteiger partial charge in [0.1, 0.15) is 60.9 Å². The zero-order chi connectivity index (χ0) is 65.2. The third kappa shape index (κ3) is 21.4. The fourth-order valence-electron chi connectivity index (χ4n) is 11.1. The van der Waals surface area contributed by atoms with Gasteiger partial charge >= 0.3 is 11.9 Å². The van der Waals surface area contributed by atoms with Gasteiger partial charge in [0.15, 0.2) is 18.4 Å². The van der Waals surface area contributed by atoms with Gasteiger partial charge in [-0.1, -0.05) is 98.9 Å². The largest absolute Gasteiger partial charge is 0.469 e. The van der Waals surface area contributed by atoms with Crippen LogP contribution in [0.25, 0.3) is 0 Å². The summed E-state index contributed by atoms with van der Waals surface area (Å²) in [6.07, 6.45) is -14.0. The molecule has 5 aliphatic rings. The molecule has 0 amide bonds. The minimum atomic E-state index is -2.67. The second-order valence-corrected chi connectivity index (χ2v) is 23.5. The lowest BCUT2D eigenvalue weighted by atomic mass is 9.82. The van der Waals surface area contributed by atoms with Gasteiger partial charge in [0.25, 0.3) is 0 Å². The van der Waals surface area contributed by atoms with Crippen LogP contribution in [0.2, 0.25) is 0 Å². The van der Waals surface area contributed by atoms with Crippen molar-refractivity contribution in [1.29, 1.82) is 0 Å². The highest BCUT2D eigenvalue weighted by molar-refractivity contribution is 5.74. The SMILES string of the molecule is COC(=O)C1C2C[C@@H](OC3O[C@H](C)[C@@H](O)[C@H](NC[C@@]4(O)OC[C@@H](O)[C@@H](O[C@H]5O[C@H](CO)[C@@H](O)[C@H](O)[C@H]5O)[C@@H]4O)[C@@H]3O)C=CC=CC=CC=CC=CC=CC=C[C@H](C)[C@@H](O)[C@@H](C)[C@H](C)OC(=O)C[C@H](O)C[C@H](O)CC[C@@H](O)[C@H](O)C[C@H](O)C[C@](O)(C[C@@H]1O)O2. The summed E-state index contributed by atoms with van der Waals surface area (Å²) < 4.78 is 45.3. The van der Waals surface area contributed by atoms with Crippen molar-refractivity contribution < 1.29 is 134 Å². The summed E-state index contributed by atoms with van der Waals surface area (Å²) in [5.41, 5.74) is 0. The van der Waals surface area contributed by atoms with Gasteiger partial charge in [-0.2, -0.15) is 0 Å². The molecule has 0 aromatic rings. The Hall–Kier alpha value is -3.84. The predicted molar refractivity (Wildman–Crippen MR) is 307 cm³/mol. The van der Waals surface area contributed by atoms with Crippen molar-refractivity contribution in [3.05, 3.63) is 85.1 Å². The highest BCUT2D eigenvalue weighted by Gasteiger charge is 2.55. The molecule has 0 aromatic carbocycles. The van der Waals surface area contributed by atoms with E-state index < -0.39 is 228 Å². The molecular weight excluding hydrogens is 1170 g/mol. The van der Waals surface area contributed by atoms with E-state index in [9.17, 15) is 96.4 Å². The maximum absolute atomic E-state index is 13.4. The molecule has 4 fully saturated rings. The molecule has 18 N–H and O–H groups in total. The van der Waals surface area contributed by atoms with Crippen molar-refractivity contribution in [3.63, 3.8) is 0 Å². The molecule has 0 radical (unpaired) electrons. The van der Waals surface area contributed by atoms with E-state index in [4.69, 9.17) is 37.9 Å². The van der Waals surface area contributed by atoms with Gasteiger partial charge in [-0.3, -0.25) is 9.59 Å². The third-order valence-corrected chi connectivity index (χ3v) is 16.5. The van der Waals surface area contributed by atoms with Crippen LogP contribution in [0.5, 0.6) is 0 Å². The van der Waals surface area contributed by atoms with E-state index in [-0.39, 0.29) is 25.2 Å². The molecule has 28 heteroatoms. The number of carbonyl (C=O) groups is 2. The zero-order valence-electron chi connectivity index (χ0n) is 50.1. The van der Waals surface area contributed by atoms with E-state index in [2.05, 4.69) is 5.32 Å². The Morgan fingerprint density at radius 3 is 1.83 bits per heavy atom. The number of allylic oxidation sites excluding steroid dienone is 12. The minimum Gasteiger partial charge on any atom is -0.469 e. The van der Waals surface area contributed by atoms with Crippen molar-refractivity contribution in [2.75, 3.05) is 26.9 Å². The highest BCUT2D eigenvalue weighted by Crippen LogP contribution is 2.39. The van der Waals surface area contributed by atoms with Crippen molar-refractivity contribution >= 4 is 11.9 Å². The highest BCUT2D eigenvalue weighted by atomic mass is 16.7. The average molecular weight is 1260 g/mol. The van der Waals surface area contributed by atoms with Crippen LogP contribution >= 0.6 is 0 Å². The van der Waals surface area contributed by atoms with Gasteiger partial charge in [-0.05, 0) is 33.1 Å². The number of hydrogen-bond donors (Lipinski definition) is 18. The smallest absolute Gasteiger partial charge is 0.313 e. The summed E-state index contributed by atoms with van der Waals surface area (Å²) in [6.45, 7) is 4.26. The number of aliphatic hydroxyl groups is 17. The third-order valence-electron chi connectivity index (χ3n) is 16.5. The maximum atomic E-state index is 13.4. The van der Waals surface area contributed by atoms with Crippen molar-refractivity contribution in [2.24, 2.45) is 17.8 Å². The van der Waals surface area contributed by atoms with E-state index in [1.165, 1.54) is 19.1 Å². The molecule has 0 saturated carbocycles. The van der Waals surface area contributed by atoms with Crippen LogP contribution in [-0.2, 0) is 47.5 Å².